The summed E-state index contributed by atoms with van der Waals surface area (Å²) in [5, 5.41) is 4.92. The molecule has 1 aliphatic heterocycles. The lowest BCUT2D eigenvalue weighted by molar-refractivity contribution is -0.136. The van der Waals surface area contributed by atoms with E-state index in [2.05, 4.69) is 27.7 Å². The molecule has 1 unspecified atom stereocenters. The number of piperazine rings is 1. The second-order valence-electron chi connectivity index (χ2n) is 6.85. The third-order valence-electron chi connectivity index (χ3n) is 4.61. The zero-order valence-corrected chi connectivity index (χ0v) is 16.0. The quantitative estimate of drug-likeness (QED) is 0.842. The van der Waals surface area contributed by atoms with E-state index in [1.807, 2.05) is 18.7 Å². The van der Waals surface area contributed by atoms with Gasteiger partial charge in [0, 0.05) is 37.6 Å². The molecule has 1 fully saturated rings. The molecule has 3 rings (SSSR count). The van der Waals surface area contributed by atoms with Gasteiger partial charge >= 0.3 is 0 Å². The number of amides is 2. The first-order valence-corrected chi connectivity index (χ1v) is 9.80. The molecule has 0 radical (unpaired) electrons. The summed E-state index contributed by atoms with van der Waals surface area (Å²) in [5.41, 5.74) is 0. The molecule has 7 heteroatoms. The van der Waals surface area contributed by atoms with Crippen molar-refractivity contribution in [3.05, 3.63) is 46.5 Å². The third kappa shape index (κ3) is 4.53. The van der Waals surface area contributed by atoms with E-state index in [0.717, 1.165) is 19.6 Å². The number of carbonyl (C=O) groups excluding carboxylic acids is 2. The topological polar surface area (TPSA) is 65.8 Å². The summed E-state index contributed by atoms with van der Waals surface area (Å²) in [4.78, 5) is 30.8. The number of nitrogens with one attached hydrogen (secondary N) is 1. The summed E-state index contributed by atoms with van der Waals surface area (Å²) in [5.74, 6) is -0.135. The van der Waals surface area contributed by atoms with Gasteiger partial charge in [0.25, 0.3) is 5.91 Å². The SMILES string of the molecule is CC(C)C(NC(=O)c1ccco1)C(=O)N1CCN(Cc2cccs2)CC1. The normalized spacial score (nSPS) is 16.7. The fraction of sp³-hybridized carbons (Fsp3) is 0.474. The fourth-order valence-electron chi connectivity index (χ4n) is 3.08. The highest BCUT2D eigenvalue weighted by Crippen LogP contribution is 2.15. The molecule has 2 aromatic heterocycles. The number of hydrogen-bond acceptors (Lipinski definition) is 5. The van der Waals surface area contributed by atoms with Gasteiger partial charge in [0.1, 0.15) is 6.04 Å². The molecule has 3 heterocycles. The van der Waals surface area contributed by atoms with Crippen molar-refractivity contribution in [3.63, 3.8) is 0 Å². The Bertz CT molecular complexity index is 704. The monoisotopic (exact) mass is 375 g/mol. The molecule has 6 nitrogen and oxygen atoms in total. The predicted octanol–water partition coefficient (Wildman–Crippen LogP) is 2.44. The molecule has 2 aromatic rings. The van der Waals surface area contributed by atoms with Crippen LogP contribution in [0.3, 0.4) is 0 Å². The minimum Gasteiger partial charge on any atom is -0.459 e. The highest BCUT2D eigenvalue weighted by molar-refractivity contribution is 7.09. The van der Waals surface area contributed by atoms with Gasteiger partial charge in [-0.05, 0) is 29.5 Å². The molecule has 0 aliphatic carbocycles. The maximum atomic E-state index is 12.9. The van der Waals surface area contributed by atoms with Crippen molar-refractivity contribution in [3.8, 4) is 0 Å². The second kappa shape index (κ2) is 8.51. The molecule has 1 atom stereocenters. The van der Waals surface area contributed by atoms with E-state index >= 15 is 0 Å². The van der Waals surface area contributed by atoms with Gasteiger partial charge in [-0.15, -0.1) is 11.3 Å². The van der Waals surface area contributed by atoms with Gasteiger partial charge in [0.2, 0.25) is 5.91 Å². The van der Waals surface area contributed by atoms with Crippen LogP contribution in [0.1, 0.15) is 29.3 Å². The molecule has 0 spiro atoms. The van der Waals surface area contributed by atoms with E-state index in [9.17, 15) is 9.59 Å². The van der Waals surface area contributed by atoms with Crippen LogP contribution in [0.25, 0.3) is 0 Å². The largest absolute Gasteiger partial charge is 0.459 e. The van der Waals surface area contributed by atoms with Crippen molar-refractivity contribution in [1.82, 2.24) is 15.1 Å². The lowest BCUT2D eigenvalue weighted by Gasteiger charge is -2.37. The number of nitrogens with zero attached hydrogens (tertiary/aromatic N) is 2. The minimum absolute atomic E-state index is 0.00515. The van der Waals surface area contributed by atoms with Crippen LogP contribution >= 0.6 is 11.3 Å². The van der Waals surface area contributed by atoms with E-state index in [-0.39, 0.29) is 23.5 Å². The molecule has 1 N–H and O–H groups in total. The van der Waals surface area contributed by atoms with Gasteiger partial charge in [-0.25, -0.2) is 0 Å². The van der Waals surface area contributed by atoms with Gasteiger partial charge in [-0.1, -0.05) is 19.9 Å². The molecule has 0 bridgehead atoms. The third-order valence-corrected chi connectivity index (χ3v) is 5.47. The summed E-state index contributed by atoms with van der Waals surface area (Å²) >= 11 is 1.76. The van der Waals surface area contributed by atoms with Gasteiger partial charge in [-0.3, -0.25) is 14.5 Å². The lowest BCUT2D eigenvalue weighted by Crippen LogP contribution is -2.56. The Hall–Kier alpha value is -2.12. The first-order chi connectivity index (χ1) is 12.5. The minimum atomic E-state index is -0.545. The molecular formula is C19H25N3O3S. The van der Waals surface area contributed by atoms with Crippen molar-refractivity contribution < 1.29 is 14.0 Å². The Morgan fingerprint density at radius 2 is 1.96 bits per heavy atom. The van der Waals surface area contributed by atoms with Crippen molar-refractivity contribution in [2.45, 2.75) is 26.4 Å². The molecular weight excluding hydrogens is 350 g/mol. The zero-order chi connectivity index (χ0) is 18.5. The van der Waals surface area contributed by atoms with Crippen molar-refractivity contribution in [2.24, 2.45) is 5.92 Å². The zero-order valence-electron chi connectivity index (χ0n) is 15.2. The maximum Gasteiger partial charge on any atom is 0.287 e. The van der Waals surface area contributed by atoms with Crippen LogP contribution in [0.4, 0.5) is 0 Å². The number of furan rings is 1. The standard InChI is InChI=1S/C19H25N3O3S/c1-14(2)17(20-18(23)16-6-3-11-25-16)19(24)22-9-7-21(8-10-22)13-15-5-4-12-26-15/h3-6,11-12,14,17H,7-10,13H2,1-2H3,(H,20,23). The van der Waals surface area contributed by atoms with Crippen LogP contribution in [-0.4, -0.2) is 53.8 Å². The van der Waals surface area contributed by atoms with Crippen LogP contribution in [0.2, 0.25) is 0 Å². The Labute approximate surface area is 157 Å². The van der Waals surface area contributed by atoms with Gasteiger partial charge in [-0.2, -0.15) is 0 Å². The first-order valence-electron chi connectivity index (χ1n) is 8.92. The fourth-order valence-corrected chi connectivity index (χ4v) is 3.83. The van der Waals surface area contributed by atoms with Crippen LogP contribution in [0, 0.1) is 5.92 Å². The van der Waals surface area contributed by atoms with Crippen LogP contribution < -0.4 is 5.32 Å². The molecule has 26 heavy (non-hydrogen) atoms. The van der Waals surface area contributed by atoms with Gasteiger partial charge in [0.15, 0.2) is 5.76 Å². The molecule has 1 aliphatic rings. The second-order valence-corrected chi connectivity index (χ2v) is 7.89. The number of carbonyl (C=O) groups is 2. The van der Waals surface area contributed by atoms with E-state index in [1.165, 1.54) is 11.1 Å². The Kier molecular flexibility index (Phi) is 6.11. The van der Waals surface area contributed by atoms with Crippen LogP contribution in [0.5, 0.6) is 0 Å². The van der Waals surface area contributed by atoms with E-state index in [0.29, 0.717) is 13.1 Å². The molecule has 140 valence electrons. The summed E-state index contributed by atoms with van der Waals surface area (Å²) < 4.78 is 5.12. The Balaban J connectivity index is 1.55. The van der Waals surface area contributed by atoms with Crippen molar-refractivity contribution >= 4 is 23.2 Å². The predicted molar refractivity (Wildman–Crippen MR) is 101 cm³/mol. The highest BCUT2D eigenvalue weighted by Gasteiger charge is 2.31. The van der Waals surface area contributed by atoms with Crippen LogP contribution in [-0.2, 0) is 11.3 Å². The smallest absolute Gasteiger partial charge is 0.287 e. The van der Waals surface area contributed by atoms with Crippen LogP contribution in [0.15, 0.2) is 40.3 Å². The highest BCUT2D eigenvalue weighted by atomic mass is 32.1. The van der Waals surface area contributed by atoms with E-state index in [1.54, 1.807) is 23.5 Å². The molecule has 2 amide bonds. The lowest BCUT2D eigenvalue weighted by atomic mass is 10.0. The molecule has 1 saturated heterocycles. The number of hydrogen-bond donors (Lipinski definition) is 1. The summed E-state index contributed by atoms with van der Waals surface area (Å²) in [6.07, 6.45) is 1.45. The van der Waals surface area contributed by atoms with Gasteiger partial charge < -0.3 is 14.6 Å². The summed E-state index contributed by atoms with van der Waals surface area (Å²) in [6.45, 7) is 7.88. The number of rotatable bonds is 6. The van der Waals surface area contributed by atoms with E-state index < -0.39 is 6.04 Å². The Morgan fingerprint density at radius 1 is 1.19 bits per heavy atom. The number of thiophene rings is 1. The van der Waals surface area contributed by atoms with Crippen molar-refractivity contribution in [1.29, 1.82) is 0 Å². The Morgan fingerprint density at radius 3 is 2.54 bits per heavy atom. The molecule has 0 saturated carbocycles. The summed E-state index contributed by atoms with van der Waals surface area (Å²) in [6, 6.07) is 6.92. The molecule has 0 aromatic carbocycles. The van der Waals surface area contributed by atoms with Gasteiger partial charge in [0.05, 0.1) is 6.26 Å². The first kappa shape index (κ1) is 18.7. The summed E-state index contributed by atoms with van der Waals surface area (Å²) in [7, 11) is 0. The van der Waals surface area contributed by atoms with E-state index in [4.69, 9.17) is 4.42 Å². The van der Waals surface area contributed by atoms with Crippen molar-refractivity contribution in [2.75, 3.05) is 26.2 Å². The average Bonchev–Trinajstić information content (AvgIpc) is 3.33. The average molecular weight is 375 g/mol. The maximum absolute atomic E-state index is 12.9.